The Kier molecular flexibility index (Phi) is 2.78. The molecule has 0 bridgehead atoms. The van der Waals surface area contributed by atoms with Crippen molar-refractivity contribution >= 4 is 12.2 Å². The molecule has 2 aromatic rings. The van der Waals surface area contributed by atoms with Gasteiger partial charge in [0.25, 0.3) is 5.56 Å². The van der Waals surface area contributed by atoms with Crippen LogP contribution in [0.25, 0.3) is 0 Å². The van der Waals surface area contributed by atoms with Crippen molar-refractivity contribution in [2.75, 3.05) is 5.32 Å². The van der Waals surface area contributed by atoms with Gasteiger partial charge in [0.2, 0.25) is 0 Å². The largest absolute Gasteiger partial charge is 0.332 e. The third-order valence-corrected chi connectivity index (χ3v) is 3.51. The number of hydrogen-bond acceptors (Lipinski definition) is 4. The fraction of sp³-hybridized carbons (Fsp3) is 0.214. The summed E-state index contributed by atoms with van der Waals surface area (Å²) in [5.41, 5.74) is 0.732. The second-order valence-corrected chi connectivity index (χ2v) is 4.70. The molecule has 2 heterocycles. The highest BCUT2D eigenvalue weighted by atomic mass is 16.2. The molecule has 1 aliphatic heterocycles. The summed E-state index contributed by atoms with van der Waals surface area (Å²) in [4.78, 5) is 28.7. The number of rotatable bonds is 1. The standard InChI is InChI=1S/C14H14N4O2/c1-17-12-10(13(19)18(2)14(17)20)11(15-8-16-12)9-6-4-3-5-7-9/h3-8,11H,1-2H3,(H,15,16). The molecule has 3 rings (SSSR count). The normalized spacial score (nSPS) is 16.6. The molecule has 0 aliphatic carbocycles. The molecule has 1 atom stereocenters. The Morgan fingerprint density at radius 2 is 1.80 bits per heavy atom. The van der Waals surface area contributed by atoms with E-state index in [4.69, 9.17) is 0 Å². The van der Waals surface area contributed by atoms with E-state index < -0.39 is 6.04 Å². The molecule has 1 N–H and O–H groups in total. The molecular formula is C14H14N4O2. The first kappa shape index (κ1) is 12.4. The van der Waals surface area contributed by atoms with Crippen molar-refractivity contribution in [3.05, 3.63) is 62.3 Å². The molecule has 1 unspecified atom stereocenters. The maximum absolute atomic E-state index is 12.4. The number of nitrogens with zero attached hydrogens (tertiary/aromatic N) is 3. The van der Waals surface area contributed by atoms with Gasteiger partial charge < -0.3 is 5.32 Å². The van der Waals surface area contributed by atoms with Crippen molar-refractivity contribution in [3.63, 3.8) is 0 Å². The molecule has 6 heteroatoms. The maximum atomic E-state index is 12.4. The Labute approximate surface area is 115 Å². The Hall–Kier alpha value is -2.63. The molecule has 102 valence electrons. The van der Waals surface area contributed by atoms with E-state index in [-0.39, 0.29) is 11.2 Å². The van der Waals surface area contributed by atoms with Gasteiger partial charge >= 0.3 is 5.69 Å². The van der Waals surface area contributed by atoms with Crippen LogP contribution >= 0.6 is 0 Å². The van der Waals surface area contributed by atoms with Crippen LogP contribution in [0, 0.1) is 0 Å². The monoisotopic (exact) mass is 270 g/mol. The van der Waals surface area contributed by atoms with Gasteiger partial charge in [-0.2, -0.15) is 0 Å². The van der Waals surface area contributed by atoms with Crippen molar-refractivity contribution in [2.45, 2.75) is 6.04 Å². The summed E-state index contributed by atoms with van der Waals surface area (Å²) < 4.78 is 2.54. The third kappa shape index (κ3) is 1.69. The highest BCUT2D eigenvalue weighted by Gasteiger charge is 2.26. The van der Waals surface area contributed by atoms with Crippen LogP contribution in [0.2, 0.25) is 0 Å². The molecule has 20 heavy (non-hydrogen) atoms. The quantitative estimate of drug-likeness (QED) is 0.826. The summed E-state index contributed by atoms with van der Waals surface area (Å²) in [5, 5.41) is 2.90. The molecule has 0 amide bonds. The zero-order chi connectivity index (χ0) is 14.3. The van der Waals surface area contributed by atoms with Gasteiger partial charge in [-0.15, -0.1) is 0 Å². The van der Waals surface area contributed by atoms with Gasteiger partial charge in [0, 0.05) is 14.1 Å². The number of anilines is 1. The summed E-state index contributed by atoms with van der Waals surface area (Å²) >= 11 is 0. The van der Waals surface area contributed by atoms with Gasteiger partial charge in [-0.1, -0.05) is 30.3 Å². The van der Waals surface area contributed by atoms with Crippen LogP contribution in [-0.4, -0.2) is 15.5 Å². The van der Waals surface area contributed by atoms with Crippen LogP contribution in [0.4, 0.5) is 5.82 Å². The van der Waals surface area contributed by atoms with E-state index in [0.717, 1.165) is 10.1 Å². The number of nitrogens with one attached hydrogen (secondary N) is 1. The number of benzene rings is 1. The van der Waals surface area contributed by atoms with Crippen molar-refractivity contribution in [1.82, 2.24) is 9.13 Å². The van der Waals surface area contributed by atoms with Crippen molar-refractivity contribution in [1.29, 1.82) is 0 Å². The summed E-state index contributed by atoms with van der Waals surface area (Å²) in [5.74, 6) is 0.502. The van der Waals surface area contributed by atoms with Crippen molar-refractivity contribution < 1.29 is 0 Å². The van der Waals surface area contributed by atoms with E-state index in [0.29, 0.717) is 11.4 Å². The Bertz CT molecular complexity index is 802. The van der Waals surface area contributed by atoms with Crippen LogP contribution < -0.4 is 16.6 Å². The number of aromatic nitrogens is 2. The van der Waals surface area contributed by atoms with Crippen LogP contribution in [-0.2, 0) is 14.1 Å². The van der Waals surface area contributed by atoms with Crippen LogP contribution in [0.1, 0.15) is 17.2 Å². The SMILES string of the molecule is Cn1c2c(c(=O)n(C)c1=O)C(c1ccccc1)N=CN2. The molecule has 0 saturated carbocycles. The fourth-order valence-electron chi connectivity index (χ4n) is 2.43. The molecule has 6 nitrogen and oxygen atoms in total. The minimum absolute atomic E-state index is 0.318. The summed E-state index contributed by atoms with van der Waals surface area (Å²) in [7, 11) is 3.11. The van der Waals surface area contributed by atoms with Gasteiger partial charge in [0.05, 0.1) is 11.9 Å². The molecule has 1 aromatic carbocycles. The topological polar surface area (TPSA) is 68.4 Å². The van der Waals surface area contributed by atoms with E-state index in [1.807, 2.05) is 30.3 Å². The van der Waals surface area contributed by atoms with Gasteiger partial charge in [-0.25, -0.2) is 4.79 Å². The lowest BCUT2D eigenvalue weighted by Gasteiger charge is -2.23. The Balaban J connectivity index is 2.32. The average molecular weight is 270 g/mol. The summed E-state index contributed by atoms with van der Waals surface area (Å²) in [6.45, 7) is 0. The fourth-order valence-corrected chi connectivity index (χ4v) is 2.43. The number of hydrogen-bond donors (Lipinski definition) is 1. The van der Waals surface area contributed by atoms with E-state index in [1.165, 1.54) is 18.0 Å². The van der Waals surface area contributed by atoms with E-state index in [9.17, 15) is 9.59 Å². The highest BCUT2D eigenvalue weighted by molar-refractivity contribution is 5.79. The summed E-state index contributed by atoms with van der Waals surface area (Å²) in [6.07, 6.45) is 1.53. The van der Waals surface area contributed by atoms with Crippen molar-refractivity contribution in [2.24, 2.45) is 19.1 Å². The van der Waals surface area contributed by atoms with Gasteiger partial charge in [0.15, 0.2) is 0 Å². The van der Waals surface area contributed by atoms with Gasteiger partial charge in [-0.3, -0.25) is 18.9 Å². The Morgan fingerprint density at radius 3 is 2.50 bits per heavy atom. The predicted molar refractivity (Wildman–Crippen MR) is 77.3 cm³/mol. The maximum Gasteiger partial charge on any atom is 0.332 e. The lowest BCUT2D eigenvalue weighted by atomic mass is 10.00. The lowest BCUT2D eigenvalue weighted by Crippen LogP contribution is -2.42. The average Bonchev–Trinajstić information content (AvgIpc) is 2.51. The van der Waals surface area contributed by atoms with E-state index >= 15 is 0 Å². The van der Waals surface area contributed by atoms with E-state index in [2.05, 4.69) is 10.3 Å². The number of fused-ring (bicyclic) bond motifs is 1. The first-order chi connectivity index (χ1) is 9.61. The van der Waals surface area contributed by atoms with Crippen LogP contribution in [0.15, 0.2) is 44.9 Å². The Morgan fingerprint density at radius 1 is 1.10 bits per heavy atom. The predicted octanol–water partition coefficient (Wildman–Crippen LogP) is 0.627. The zero-order valence-corrected chi connectivity index (χ0v) is 11.2. The molecule has 0 radical (unpaired) electrons. The van der Waals surface area contributed by atoms with Crippen LogP contribution in [0.3, 0.4) is 0 Å². The molecule has 0 saturated heterocycles. The highest BCUT2D eigenvalue weighted by Crippen LogP contribution is 2.29. The zero-order valence-electron chi connectivity index (χ0n) is 11.2. The number of aliphatic imine (C=N–C) groups is 1. The second-order valence-electron chi connectivity index (χ2n) is 4.70. The van der Waals surface area contributed by atoms with Gasteiger partial charge in [0.1, 0.15) is 11.9 Å². The van der Waals surface area contributed by atoms with Crippen molar-refractivity contribution in [3.8, 4) is 0 Å². The summed E-state index contributed by atoms with van der Waals surface area (Å²) in [6, 6.07) is 9.16. The lowest BCUT2D eigenvalue weighted by molar-refractivity contribution is 0.660. The van der Waals surface area contributed by atoms with Gasteiger partial charge in [-0.05, 0) is 5.56 Å². The minimum Gasteiger partial charge on any atom is -0.332 e. The minimum atomic E-state index is -0.391. The second kappa shape index (κ2) is 4.48. The van der Waals surface area contributed by atoms with Crippen LogP contribution in [0.5, 0.6) is 0 Å². The first-order valence-electron chi connectivity index (χ1n) is 6.24. The first-order valence-corrected chi connectivity index (χ1v) is 6.24. The van der Waals surface area contributed by atoms with E-state index in [1.54, 1.807) is 7.05 Å². The molecule has 0 fully saturated rings. The molecule has 0 spiro atoms. The third-order valence-electron chi connectivity index (χ3n) is 3.51. The molecular weight excluding hydrogens is 256 g/mol. The molecule has 1 aromatic heterocycles. The molecule has 1 aliphatic rings. The smallest absolute Gasteiger partial charge is 0.332 e.